The van der Waals surface area contributed by atoms with Crippen molar-refractivity contribution in [3.05, 3.63) is 10.7 Å². The van der Waals surface area contributed by atoms with Crippen LogP contribution in [0, 0.1) is 0 Å². The first kappa shape index (κ1) is 11.1. The maximum atomic E-state index is 12.2. The van der Waals surface area contributed by atoms with Crippen molar-refractivity contribution in [2.75, 3.05) is 11.1 Å². The molecule has 1 rings (SSSR count). The third-order valence-corrected chi connectivity index (χ3v) is 1.86. The number of anilines is 2. The zero-order valence-corrected chi connectivity index (χ0v) is 8.92. The van der Waals surface area contributed by atoms with Crippen LogP contribution >= 0.6 is 15.9 Å². The van der Waals surface area contributed by atoms with E-state index in [2.05, 4.69) is 31.2 Å². The van der Waals surface area contributed by atoms with Gasteiger partial charge in [0, 0.05) is 6.07 Å². The predicted molar refractivity (Wildman–Crippen MR) is 53.2 cm³/mol. The smallest absolute Gasteiger partial charge is 0.258 e. The number of alkyl halides is 2. The second kappa shape index (κ2) is 4.50. The van der Waals surface area contributed by atoms with Crippen molar-refractivity contribution >= 4 is 27.7 Å². The molecule has 0 aliphatic heterocycles. The van der Waals surface area contributed by atoms with E-state index < -0.39 is 12.5 Å². The Hall–Kier alpha value is -0.980. The van der Waals surface area contributed by atoms with Gasteiger partial charge in [0.05, 0.1) is 6.04 Å². The highest BCUT2D eigenvalue weighted by Gasteiger charge is 2.15. The number of nitrogens with zero attached hydrogens (tertiary/aromatic N) is 2. The van der Waals surface area contributed by atoms with Gasteiger partial charge in [-0.25, -0.2) is 13.8 Å². The van der Waals surface area contributed by atoms with E-state index in [1.54, 1.807) is 0 Å². The number of nitrogens with one attached hydrogen (secondary N) is 1. The highest BCUT2D eigenvalue weighted by molar-refractivity contribution is 9.10. The van der Waals surface area contributed by atoms with Crippen molar-refractivity contribution in [1.82, 2.24) is 9.97 Å². The Labute approximate surface area is 88.1 Å². The Morgan fingerprint density at radius 3 is 2.64 bits per heavy atom. The third-order valence-electron chi connectivity index (χ3n) is 1.45. The van der Waals surface area contributed by atoms with E-state index in [0.717, 1.165) is 0 Å². The van der Waals surface area contributed by atoms with Gasteiger partial charge < -0.3 is 11.1 Å². The third kappa shape index (κ3) is 3.06. The maximum absolute atomic E-state index is 12.2. The number of halogens is 3. The van der Waals surface area contributed by atoms with Gasteiger partial charge >= 0.3 is 0 Å². The summed E-state index contributed by atoms with van der Waals surface area (Å²) in [4.78, 5) is 7.59. The molecule has 0 fully saturated rings. The predicted octanol–water partition coefficient (Wildman–Crippen LogP) is 1.89. The van der Waals surface area contributed by atoms with Crippen molar-refractivity contribution in [3.63, 3.8) is 0 Å². The largest absolute Gasteiger partial charge is 0.383 e. The van der Waals surface area contributed by atoms with Crippen molar-refractivity contribution in [2.24, 2.45) is 0 Å². The molecule has 0 aliphatic carbocycles. The van der Waals surface area contributed by atoms with Crippen LogP contribution in [0.1, 0.15) is 6.92 Å². The van der Waals surface area contributed by atoms with Gasteiger partial charge in [-0.1, -0.05) is 0 Å². The molecule has 7 heteroatoms. The molecule has 0 saturated carbocycles. The van der Waals surface area contributed by atoms with Gasteiger partial charge in [0.15, 0.2) is 0 Å². The van der Waals surface area contributed by atoms with Crippen molar-refractivity contribution in [3.8, 4) is 0 Å². The fourth-order valence-electron chi connectivity index (χ4n) is 0.766. The van der Waals surface area contributed by atoms with E-state index in [1.807, 2.05) is 0 Å². The van der Waals surface area contributed by atoms with E-state index in [4.69, 9.17) is 5.73 Å². The topological polar surface area (TPSA) is 63.8 Å². The minimum Gasteiger partial charge on any atom is -0.383 e. The molecule has 78 valence electrons. The summed E-state index contributed by atoms with van der Waals surface area (Å²) in [5, 5.41) is 2.44. The molecular formula is C7H9BrF2N4. The fourth-order valence-corrected chi connectivity index (χ4v) is 1.17. The first-order valence-corrected chi connectivity index (χ1v) is 4.63. The van der Waals surface area contributed by atoms with Gasteiger partial charge in [0.1, 0.15) is 10.4 Å². The van der Waals surface area contributed by atoms with Crippen molar-refractivity contribution < 1.29 is 8.78 Å². The Kier molecular flexibility index (Phi) is 3.56. The van der Waals surface area contributed by atoms with Crippen LogP contribution in [-0.2, 0) is 0 Å². The maximum Gasteiger partial charge on any atom is 0.258 e. The summed E-state index contributed by atoms with van der Waals surface area (Å²) in [6.45, 7) is 1.34. The molecule has 3 N–H and O–H groups in total. The monoisotopic (exact) mass is 266 g/mol. The lowest BCUT2D eigenvalue weighted by atomic mass is 10.4. The number of hydrogen-bond acceptors (Lipinski definition) is 4. The summed E-state index contributed by atoms with van der Waals surface area (Å²) in [6, 6.07) is 0.474. The lowest BCUT2D eigenvalue weighted by molar-refractivity contribution is 0.130. The summed E-state index contributed by atoms with van der Waals surface area (Å²) in [7, 11) is 0. The molecule has 0 aromatic carbocycles. The van der Waals surface area contributed by atoms with Crippen LogP contribution in [0.3, 0.4) is 0 Å². The van der Waals surface area contributed by atoms with Crippen molar-refractivity contribution in [1.29, 1.82) is 0 Å². The fraction of sp³-hybridized carbons (Fsp3) is 0.429. The van der Waals surface area contributed by atoms with E-state index in [9.17, 15) is 8.78 Å². The minimum atomic E-state index is -2.47. The average Bonchev–Trinajstić information content (AvgIpc) is 2.01. The standard InChI is InChI=1S/C7H9BrF2N4/c1-3(6(9)10)12-7-13-4(8)2-5(11)14-7/h2-3,6H,1H3,(H3,11,12,13,14). The Bertz CT molecular complexity index is 300. The zero-order chi connectivity index (χ0) is 10.7. The lowest BCUT2D eigenvalue weighted by Gasteiger charge is -2.12. The summed E-state index contributed by atoms with van der Waals surface area (Å²) in [5.74, 6) is 0.306. The minimum absolute atomic E-state index is 0.0877. The molecule has 1 atom stereocenters. The Morgan fingerprint density at radius 1 is 1.50 bits per heavy atom. The highest BCUT2D eigenvalue weighted by Crippen LogP contribution is 2.14. The van der Waals surface area contributed by atoms with Crippen LogP contribution in [0.5, 0.6) is 0 Å². The van der Waals surface area contributed by atoms with Crippen LogP contribution < -0.4 is 11.1 Å². The van der Waals surface area contributed by atoms with Crippen LogP contribution in [0.25, 0.3) is 0 Å². The number of nitrogen functional groups attached to an aromatic ring is 1. The van der Waals surface area contributed by atoms with Crippen LogP contribution in [0.4, 0.5) is 20.5 Å². The molecule has 0 radical (unpaired) electrons. The summed E-state index contributed by atoms with van der Waals surface area (Å²) < 4.78 is 24.8. The number of hydrogen-bond donors (Lipinski definition) is 2. The van der Waals surface area contributed by atoms with Gasteiger partial charge in [0.25, 0.3) is 6.43 Å². The SMILES string of the molecule is CC(Nc1nc(N)cc(Br)n1)C(F)F. The average molecular weight is 267 g/mol. The molecule has 0 saturated heterocycles. The quantitative estimate of drug-likeness (QED) is 0.821. The van der Waals surface area contributed by atoms with Crippen LogP contribution in [-0.4, -0.2) is 22.4 Å². The second-order valence-electron chi connectivity index (χ2n) is 2.71. The summed E-state index contributed by atoms with van der Waals surface area (Å²) in [6.07, 6.45) is -2.47. The van der Waals surface area contributed by atoms with E-state index in [0.29, 0.717) is 4.60 Å². The van der Waals surface area contributed by atoms with Crippen LogP contribution in [0.15, 0.2) is 10.7 Å². The number of aromatic nitrogens is 2. The zero-order valence-electron chi connectivity index (χ0n) is 7.34. The number of nitrogens with two attached hydrogens (primary N) is 1. The normalized spacial score (nSPS) is 12.9. The molecule has 1 unspecified atom stereocenters. The lowest BCUT2D eigenvalue weighted by Crippen LogP contribution is -2.25. The van der Waals surface area contributed by atoms with Crippen LogP contribution in [0.2, 0.25) is 0 Å². The van der Waals surface area contributed by atoms with Gasteiger partial charge in [-0.05, 0) is 22.9 Å². The number of rotatable bonds is 3. The molecule has 1 aromatic rings. The molecule has 1 aromatic heterocycles. The second-order valence-corrected chi connectivity index (χ2v) is 3.52. The first-order chi connectivity index (χ1) is 6.49. The molecule has 0 amide bonds. The van der Waals surface area contributed by atoms with E-state index in [1.165, 1.54) is 13.0 Å². The molecule has 0 spiro atoms. The molecule has 1 heterocycles. The van der Waals surface area contributed by atoms with Gasteiger partial charge in [-0.3, -0.25) is 0 Å². The van der Waals surface area contributed by atoms with Crippen molar-refractivity contribution in [2.45, 2.75) is 19.4 Å². The Balaban J connectivity index is 2.76. The highest BCUT2D eigenvalue weighted by atomic mass is 79.9. The molecule has 0 aliphatic rings. The molecular weight excluding hydrogens is 258 g/mol. The summed E-state index contributed by atoms with van der Waals surface area (Å²) in [5.41, 5.74) is 5.40. The van der Waals surface area contributed by atoms with E-state index >= 15 is 0 Å². The van der Waals surface area contributed by atoms with Gasteiger partial charge in [-0.15, -0.1) is 0 Å². The Morgan fingerprint density at radius 2 is 2.14 bits per heavy atom. The molecule has 4 nitrogen and oxygen atoms in total. The van der Waals surface area contributed by atoms with Gasteiger partial charge in [-0.2, -0.15) is 4.98 Å². The summed E-state index contributed by atoms with van der Waals surface area (Å²) >= 11 is 3.08. The molecule has 14 heavy (non-hydrogen) atoms. The van der Waals surface area contributed by atoms with Gasteiger partial charge in [0.2, 0.25) is 5.95 Å². The first-order valence-electron chi connectivity index (χ1n) is 3.84. The van der Waals surface area contributed by atoms with E-state index in [-0.39, 0.29) is 11.8 Å². The molecule has 0 bridgehead atoms.